The molecular weight excluding hydrogens is 474 g/mol. The van der Waals surface area contributed by atoms with Crippen LogP contribution in [0.1, 0.15) is 34.8 Å². The van der Waals surface area contributed by atoms with Crippen LogP contribution in [0.2, 0.25) is 0 Å². The molecule has 11 heteroatoms. The largest absolute Gasteiger partial charge is 0.465 e. The van der Waals surface area contributed by atoms with Crippen molar-refractivity contribution in [1.82, 2.24) is 15.5 Å². The number of anilines is 1. The number of cyclic esters (lactones) is 1. The SMILES string of the molecule is COC(=O)c1ccccc1N1CCC(NCCNC(=O)N2C(=O)OC[C@@H]2c2ccc(F)c(F)c2)CC1. The highest BCUT2D eigenvalue weighted by Gasteiger charge is 2.39. The van der Waals surface area contributed by atoms with Gasteiger partial charge in [0.25, 0.3) is 0 Å². The number of esters is 1. The Labute approximate surface area is 207 Å². The zero-order valence-corrected chi connectivity index (χ0v) is 19.8. The van der Waals surface area contributed by atoms with E-state index in [9.17, 15) is 23.2 Å². The van der Waals surface area contributed by atoms with Gasteiger partial charge >= 0.3 is 18.1 Å². The van der Waals surface area contributed by atoms with Gasteiger partial charge in [-0.25, -0.2) is 28.1 Å². The Morgan fingerprint density at radius 3 is 2.56 bits per heavy atom. The number of rotatable bonds is 7. The summed E-state index contributed by atoms with van der Waals surface area (Å²) in [5.74, 6) is -2.43. The third-order valence-electron chi connectivity index (χ3n) is 6.40. The Kier molecular flexibility index (Phi) is 7.99. The highest BCUT2D eigenvalue weighted by atomic mass is 19.2. The molecule has 2 aromatic rings. The van der Waals surface area contributed by atoms with Gasteiger partial charge in [0.1, 0.15) is 12.6 Å². The maximum Gasteiger partial charge on any atom is 0.418 e. The smallest absolute Gasteiger partial charge is 0.418 e. The van der Waals surface area contributed by atoms with Gasteiger partial charge in [0.15, 0.2) is 11.6 Å². The summed E-state index contributed by atoms with van der Waals surface area (Å²) in [4.78, 5) is 39.8. The molecule has 0 spiro atoms. The Morgan fingerprint density at radius 1 is 1.08 bits per heavy atom. The number of carbonyl (C=O) groups excluding carboxylic acids is 3. The number of nitrogens with one attached hydrogen (secondary N) is 2. The van der Waals surface area contributed by atoms with Crippen molar-refractivity contribution in [2.45, 2.75) is 24.9 Å². The summed E-state index contributed by atoms with van der Waals surface area (Å²) in [6, 6.07) is 9.32. The monoisotopic (exact) mass is 502 g/mol. The van der Waals surface area contributed by atoms with Crippen LogP contribution in [0, 0.1) is 11.6 Å². The molecule has 2 aliphatic rings. The van der Waals surface area contributed by atoms with Crippen LogP contribution in [0.25, 0.3) is 0 Å². The number of carbonyl (C=O) groups is 3. The first kappa shape index (κ1) is 25.4. The number of urea groups is 1. The van der Waals surface area contributed by atoms with Gasteiger partial charge in [-0.2, -0.15) is 0 Å². The number of hydrogen-bond donors (Lipinski definition) is 2. The van der Waals surface area contributed by atoms with Crippen molar-refractivity contribution in [2.75, 3.05) is 44.8 Å². The van der Waals surface area contributed by atoms with Gasteiger partial charge < -0.3 is 25.0 Å². The molecule has 36 heavy (non-hydrogen) atoms. The highest BCUT2D eigenvalue weighted by molar-refractivity contribution is 5.96. The van der Waals surface area contributed by atoms with E-state index in [1.165, 1.54) is 13.2 Å². The van der Waals surface area contributed by atoms with E-state index in [-0.39, 0.29) is 30.7 Å². The molecule has 0 bridgehead atoms. The lowest BCUT2D eigenvalue weighted by atomic mass is 10.0. The maximum atomic E-state index is 13.6. The van der Waals surface area contributed by atoms with Gasteiger partial charge in [-0.1, -0.05) is 18.2 Å². The van der Waals surface area contributed by atoms with Gasteiger partial charge in [0.2, 0.25) is 0 Å². The van der Waals surface area contributed by atoms with Crippen LogP contribution in [0.15, 0.2) is 42.5 Å². The predicted octanol–water partition coefficient (Wildman–Crippen LogP) is 3.21. The summed E-state index contributed by atoms with van der Waals surface area (Å²) in [6.07, 6.45) is 0.857. The van der Waals surface area contributed by atoms with Crippen molar-refractivity contribution in [3.05, 3.63) is 65.2 Å². The quantitative estimate of drug-likeness (QED) is 0.443. The maximum absolute atomic E-state index is 13.6. The molecule has 2 N–H and O–H groups in total. The number of imide groups is 1. The average molecular weight is 503 g/mol. The topological polar surface area (TPSA) is 100 Å². The normalized spacial score (nSPS) is 18.2. The molecule has 0 aromatic heterocycles. The first-order valence-electron chi connectivity index (χ1n) is 11.7. The number of hydrogen-bond acceptors (Lipinski definition) is 7. The Bertz CT molecular complexity index is 1120. The molecule has 2 aromatic carbocycles. The second-order valence-electron chi connectivity index (χ2n) is 8.59. The summed E-state index contributed by atoms with van der Waals surface area (Å²) in [7, 11) is 1.36. The van der Waals surface area contributed by atoms with Crippen molar-refractivity contribution < 1.29 is 32.6 Å². The zero-order chi connectivity index (χ0) is 25.7. The molecule has 3 amide bonds. The van der Waals surface area contributed by atoms with Crippen LogP contribution in [-0.2, 0) is 9.47 Å². The van der Waals surface area contributed by atoms with Crippen LogP contribution in [-0.4, -0.2) is 68.9 Å². The lowest BCUT2D eigenvalue weighted by molar-refractivity contribution is 0.0601. The van der Waals surface area contributed by atoms with Gasteiger partial charge in [-0.05, 0) is 42.7 Å². The fraction of sp³-hybridized carbons (Fsp3) is 0.400. The van der Waals surface area contributed by atoms with Gasteiger partial charge in [0.05, 0.1) is 18.4 Å². The Hall–Kier alpha value is -3.73. The number of piperidine rings is 1. The molecule has 0 aliphatic carbocycles. The molecule has 0 saturated carbocycles. The van der Waals surface area contributed by atoms with Crippen LogP contribution >= 0.6 is 0 Å². The van der Waals surface area contributed by atoms with Crippen molar-refractivity contribution >= 4 is 23.8 Å². The molecule has 1 atom stereocenters. The molecule has 2 aliphatic heterocycles. The second kappa shape index (κ2) is 11.3. The standard InChI is InChI=1S/C25H28F2N4O5/c1-35-23(32)18-4-2-3-5-21(18)30-12-8-17(9-13-30)28-10-11-29-24(33)31-22(15-36-25(31)34)16-6-7-19(26)20(27)14-16/h2-7,14,17,22,28H,8-13,15H2,1H3,(H,29,33)/t22-/m1/s1. The summed E-state index contributed by atoms with van der Waals surface area (Å²) in [5, 5.41) is 6.07. The Balaban J connectivity index is 1.23. The van der Waals surface area contributed by atoms with Crippen LogP contribution in [0.3, 0.4) is 0 Å². The molecule has 2 saturated heterocycles. The first-order valence-corrected chi connectivity index (χ1v) is 11.7. The second-order valence-corrected chi connectivity index (χ2v) is 8.59. The van der Waals surface area contributed by atoms with E-state index in [1.807, 2.05) is 12.1 Å². The minimum Gasteiger partial charge on any atom is -0.465 e. The molecule has 0 radical (unpaired) electrons. The molecule has 192 valence electrons. The van der Waals surface area contributed by atoms with Crippen LogP contribution in [0.5, 0.6) is 0 Å². The van der Waals surface area contributed by atoms with Crippen molar-refractivity contribution in [3.8, 4) is 0 Å². The van der Waals surface area contributed by atoms with E-state index >= 15 is 0 Å². The lowest BCUT2D eigenvalue weighted by Crippen LogP contribution is -2.47. The zero-order valence-electron chi connectivity index (χ0n) is 19.8. The number of benzene rings is 2. The predicted molar refractivity (Wildman–Crippen MR) is 127 cm³/mol. The minimum absolute atomic E-state index is 0.132. The minimum atomic E-state index is -1.06. The average Bonchev–Trinajstić information content (AvgIpc) is 3.29. The van der Waals surface area contributed by atoms with Gasteiger partial charge in [-0.15, -0.1) is 0 Å². The number of nitrogens with zero attached hydrogens (tertiary/aromatic N) is 2. The summed E-state index contributed by atoms with van der Waals surface area (Å²) in [6.45, 7) is 2.13. The fourth-order valence-electron chi connectivity index (χ4n) is 4.50. The molecular formula is C25H28F2N4O5. The number of halogens is 2. The van der Waals surface area contributed by atoms with Crippen LogP contribution in [0.4, 0.5) is 24.1 Å². The van der Waals surface area contributed by atoms with E-state index in [0.717, 1.165) is 48.7 Å². The summed E-state index contributed by atoms with van der Waals surface area (Å²) < 4.78 is 36.7. The summed E-state index contributed by atoms with van der Waals surface area (Å²) in [5.41, 5.74) is 1.66. The van der Waals surface area contributed by atoms with E-state index < -0.39 is 29.8 Å². The molecule has 9 nitrogen and oxygen atoms in total. The number of amides is 3. The molecule has 2 heterocycles. The van der Waals surface area contributed by atoms with Gasteiger partial charge in [-0.3, -0.25) is 0 Å². The Morgan fingerprint density at radius 2 is 1.83 bits per heavy atom. The molecule has 4 rings (SSSR count). The van der Waals surface area contributed by atoms with E-state index in [2.05, 4.69) is 15.5 Å². The fourth-order valence-corrected chi connectivity index (χ4v) is 4.50. The van der Waals surface area contributed by atoms with E-state index in [0.29, 0.717) is 12.1 Å². The van der Waals surface area contributed by atoms with Crippen molar-refractivity contribution in [1.29, 1.82) is 0 Å². The molecule has 2 fully saturated rings. The van der Waals surface area contributed by atoms with E-state index in [1.54, 1.807) is 12.1 Å². The third kappa shape index (κ3) is 5.56. The number of para-hydroxylation sites is 1. The van der Waals surface area contributed by atoms with E-state index in [4.69, 9.17) is 9.47 Å². The van der Waals surface area contributed by atoms with Crippen LogP contribution < -0.4 is 15.5 Å². The van der Waals surface area contributed by atoms with Crippen molar-refractivity contribution in [2.24, 2.45) is 0 Å². The number of methoxy groups -OCH3 is 1. The van der Waals surface area contributed by atoms with Gasteiger partial charge in [0, 0.05) is 32.2 Å². The lowest BCUT2D eigenvalue weighted by Gasteiger charge is -2.35. The highest BCUT2D eigenvalue weighted by Crippen LogP contribution is 2.29. The van der Waals surface area contributed by atoms with Crippen molar-refractivity contribution in [3.63, 3.8) is 0 Å². The first-order chi connectivity index (χ1) is 17.4. The summed E-state index contributed by atoms with van der Waals surface area (Å²) >= 11 is 0. The third-order valence-corrected chi connectivity index (χ3v) is 6.40. The molecule has 0 unspecified atom stereocenters. The number of ether oxygens (including phenoxy) is 2.